The number of nitrogens with zero attached hydrogens (tertiary/aromatic N) is 3. The Hall–Kier alpha value is -1.83. The average molecular weight is 461 g/mol. The first-order chi connectivity index (χ1) is 14.5. The van der Waals surface area contributed by atoms with E-state index in [-0.39, 0.29) is 5.04 Å². The summed E-state index contributed by atoms with van der Waals surface area (Å²) in [6, 6.07) is 0.388. The van der Waals surface area contributed by atoms with Gasteiger partial charge in [0.25, 0.3) is 0 Å². The van der Waals surface area contributed by atoms with Gasteiger partial charge in [-0.1, -0.05) is 20.8 Å². The van der Waals surface area contributed by atoms with Crippen LogP contribution in [0.15, 0.2) is 23.0 Å². The van der Waals surface area contributed by atoms with Crippen molar-refractivity contribution in [3.05, 3.63) is 29.4 Å². The summed E-state index contributed by atoms with van der Waals surface area (Å²) < 4.78 is 14.4. The number of nitrogens with two attached hydrogens (primary N) is 1. The van der Waals surface area contributed by atoms with Crippen LogP contribution < -0.4 is 5.73 Å². The number of hydrogen-bond donors (Lipinski definition) is 1. The first-order valence-corrected chi connectivity index (χ1v) is 14.3. The van der Waals surface area contributed by atoms with Crippen LogP contribution in [0.3, 0.4) is 0 Å². The number of anilines is 1. The smallest absolute Gasteiger partial charge is 0.197 e. The Morgan fingerprint density at radius 3 is 2.52 bits per heavy atom. The summed E-state index contributed by atoms with van der Waals surface area (Å²) >= 11 is 6.22. The van der Waals surface area contributed by atoms with Crippen molar-refractivity contribution in [2.75, 3.05) is 5.73 Å². The molecule has 31 heavy (non-hydrogen) atoms. The van der Waals surface area contributed by atoms with Crippen LogP contribution in [-0.4, -0.2) is 29.2 Å². The third kappa shape index (κ3) is 4.15. The Bertz CT molecular complexity index is 1090. The minimum absolute atomic E-state index is 0.243. The van der Waals surface area contributed by atoms with E-state index >= 15 is 0 Å². The van der Waals surface area contributed by atoms with Gasteiger partial charge in [-0.2, -0.15) is 5.10 Å². The molecule has 0 unspecified atom stereocenters. The van der Waals surface area contributed by atoms with Gasteiger partial charge in [0.15, 0.2) is 24.9 Å². The molecule has 168 valence electrons. The highest BCUT2D eigenvalue weighted by atomic mass is 35.5. The van der Waals surface area contributed by atoms with Crippen LogP contribution in [0.2, 0.25) is 23.4 Å². The fourth-order valence-electron chi connectivity index (χ4n) is 4.16. The maximum Gasteiger partial charge on any atom is 0.197 e. The third-order valence-electron chi connectivity index (χ3n) is 7.12. The molecule has 0 atom stereocenters. The maximum atomic E-state index is 6.64. The number of rotatable bonds is 4. The second kappa shape index (κ2) is 7.94. The molecule has 3 aromatic heterocycles. The van der Waals surface area contributed by atoms with Gasteiger partial charge in [-0.3, -0.25) is 4.68 Å². The van der Waals surface area contributed by atoms with E-state index in [0.717, 1.165) is 47.8 Å². The number of nitrogen functional groups attached to an aromatic ring is 1. The number of fused-ring (bicyclic) bond motifs is 1. The van der Waals surface area contributed by atoms with Gasteiger partial charge < -0.3 is 14.6 Å². The van der Waals surface area contributed by atoms with Crippen LogP contribution in [0.4, 0.5) is 5.82 Å². The van der Waals surface area contributed by atoms with E-state index in [1.54, 1.807) is 6.20 Å². The molecule has 2 N–H and O–H groups in total. The van der Waals surface area contributed by atoms with Crippen molar-refractivity contribution in [1.29, 1.82) is 0 Å². The zero-order chi connectivity index (χ0) is 22.6. The highest BCUT2D eigenvalue weighted by Gasteiger charge is 2.40. The number of pyridine rings is 1. The lowest BCUT2D eigenvalue weighted by Gasteiger charge is -2.41. The monoisotopic (exact) mass is 460 g/mol. The molecule has 1 saturated carbocycles. The maximum absolute atomic E-state index is 6.64. The van der Waals surface area contributed by atoms with Gasteiger partial charge in [0.1, 0.15) is 0 Å². The Kier molecular flexibility index (Phi) is 5.73. The van der Waals surface area contributed by atoms with Crippen LogP contribution in [0.25, 0.3) is 22.1 Å². The van der Waals surface area contributed by atoms with Crippen LogP contribution in [0.1, 0.15) is 58.1 Å². The summed E-state index contributed by atoms with van der Waals surface area (Å²) in [5, 5.41) is 6.18. The summed E-state index contributed by atoms with van der Waals surface area (Å²) in [7, 11) is -1.73. The van der Waals surface area contributed by atoms with Crippen molar-refractivity contribution >= 4 is 36.7 Å². The lowest BCUT2D eigenvalue weighted by Crippen LogP contribution is -2.44. The first kappa shape index (κ1) is 22.4. The molecule has 0 amide bonds. The number of hydrogen-bond acceptors (Lipinski definition) is 5. The van der Waals surface area contributed by atoms with E-state index < -0.39 is 8.32 Å². The molecule has 0 bridgehead atoms. The fourth-order valence-corrected chi connectivity index (χ4v) is 5.76. The number of halogens is 1. The zero-order valence-electron chi connectivity index (χ0n) is 19.3. The predicted octanol–water partition coefficient (Wildman–Crippen LogP) is 6.74. The molecule has 8 heteroatoms. The normalized spacial score (nSPS) is 20.5. The molecule has 1 aliphatic rings. The molecule has 3 heterocycles. The van der Waals surface area contributed by atoms with E-state index in [4.69, 9.17) is 26.2 Å². The van der Waals surface area contributed by atoms with Gasteiger partial charge >= 0.3 is 0 Å². The minimum Gasteiger partial charge on any atom is -0.440 e. The van der Waals surface area contributed by atoms with Gasteiger partial charge in [0, 0.05) is 40.6 Å². The van der Waals surface area contributed by atoms with E-state index in [2.05, 4.69) is 54.8 Å². The first-order valence-electron chi connectivity index (χ1n) is 11.0. The molecular formula is C23H33ClN4O2Si. The largest absolute Gasteiger partial charge is 0.440 e. The number of furan rings is 1. The molecule has 0 aromatic carbocycles. The summed E-state index contributed by atoms with van der Waals surface area (Å²) in [6.45, 7) is 13.5. The number of aryl methyl sites for hydroxylation is 1. The van der Waals surface area contributed by atoms with Crippen LogP contribution in [0, 0.1) is 6.92 Å². The van der Waals surface area contributed by atoms with Crippen molar-refractivity contribution < 1.29 is 8.84 Å². The van der Waals surface area contributed by atoms with E-state index in [9.17, 15) is 0 Å². The van der Waals surface area contributed by atoms with Gasteiger partial charge in [-0.05, 0) is 62.3 Å². The van der Waals surface area contributed by atoms with E-state index in [1.165, 1.54) is 0 Å². The summed E-state index contributed by atoms with van der Waals surface area (Å²) in [4.78, 5) is 4.30. The standard InChI is InChI=1S/C23H33ClN4O2Si/c1-14-19-18(12-26-22(25)20(19)29-21(14)24)15-11-27-28(13-15)16-7-9-17(10-8-16)30-31(5,6)23(2,3)4/h11-13,16-17H,7-10H2,1-6H3,(H2,25,26). The van der Waals surface area contributed by atoms with Gasteiger partial charge in [0.2, 0.25) is 0 Å². The van der Waals surface area contributed by atoms with Crippen LogP contribution in [-0.2, 0) is 4.43 Å². The summed E-state index contributed by atoms with van der Waals surface area (Å²) in [5.74, 6) is 0.348. The molecule has 1 aliphatic carbocycles. The molecule has 0 saturated heterocycles. The Morgan fingerprint density at radius 2 is 1.87 bits per heavy atom. The molecule has 0 aliphatic heterocycles. The fraction of sp³-hybridized carbons (Fsp3) is 0.565. The van der Waals surface area contributed by atoms with Crippen molar-refractivity contribution in [3.8, 4) is 11.1 Å². The summed E-state index contributed by atoms with van der Waals surface area (Å²) in [5.41, 5.74) is 9.35. The third-order valence-corrected chi connectivity index (χ3v) is 12.0. The molecule has 6 nitrogen and oxygen atoms in total. The SMILES string of the molecule is Cc1c(Cl)oc2c(N)ncc(-c3cnn(C4CCC(O[Si](C)(C)C(C)(C)C)CC4)c3)c12. The highest BCUT2D eigenvalue weighted by Crippen LogP contribution is 2.41. The van der Waals surface area contributed by atoms with Crippen molar-refractivity contribution in [2.24, 2.45) is 0 Å². The topological polar surface area (TPSA) is 79.1 Å². The lowest BCUT2D eigenvalue weighted by molar-refractivity contribution is 0.115. The highest BCUT2D eigenvalue weighted by molar-refractivity contribution is 6.74. The van der Waals surface area contributed by atoms with E-state index in [0.29, 0.717) is 28.8 Å². The Morgan fingerprint density at radius 1 is 1.19 bits per heavy atom. The molecular weight excluding hydrogens is 428 g/mol. The number of aromatic nitrogens is 3. The Balaban J connectivity index is 1.50. The van der Waals surface area contributed by atoms with Crippen molar-refractivity contribution in [2.45, 2.75) is 83.7 Å². The zero-order valence-corrected chi connectivity index (χ0v) is 21.1. The summed E-state index contributed by atoms with van der Waals surface area (Å²) in [6.07, 6.45) is 10.5. The Labute approximate surface area is 190 Å². The minimum atomic E-state index is -1.73. The second-order valence-electron chi connectivity index (χ2n) is 10.3. The molecule has 4 rings (SSSR count). The van der Waals surface area contributed by atoms with Crippen molar-refractivity contribution in [1.82, 2.24) is 14.8 Å². The van der Waals surface area contributed by atoms with Crippen LogP contribution >= 0.6 is 11.6 Å². The van der Waals surface area contributed by atoms with Crippen LogP contribution in [0.5, 0.6) is 0 Å². The molecule has 1 fully saturated rings. The molecule has 0 radical (unpaired) electrons. The lowest BCUT2D eigenvalue weighted by atomic mass is 9.93. The van der Waals surface area contributed by atoms with Crippen molar-refractivity contribution in [3.63, 3.8) is 0 Å². The molecule has 0 spiro atoms. The van der Waals surface area contributed by atoms with Gasteiger partial charge in [-0.25, -0.2) is 4.98 Å². The van der Waals surface area contributed by atoms with E-state index in [1.807, 2.05) is 13.1 Å². The quantitative estimate of drug-likeness (QED) is 0.436. The predicted molar refractivity (Wildman–Crippen MR) is 129 cm³/mol. The van der Waals surface area contributed by atoms with Gasteiger partial charge in [0.05, 0.1) is 12.2 Å². The second-order valence-corrected chi connectivity index (χ2v) is 15.4. The average Bonchev–Trinajstić information content (AvgIpc) is 3.28. The van der Waals surface area contributed by atoms with Gasteiger partial charge in [-0.15, -0.1) is 0 Å². The molecule has 3 aromatic rings.